The number of rotatable bonds is 2. The maximum absolute atomic E-state index is 12.8. The van der Waals surface area contributed by atoms with Crippen molar-refractivity contribution in [1.82, 2.24) is 0 Å². The van der Waals surface area contributed by atoms with Crippen molar-refractivity contribution in [3.05, 3.63) is 35.9 Å². The van der Waals surface area contributed by atoms with Gasteiger partial charge in [-0.2, -0.15) is 8.78 Å². The summed E-state index contributed by atoms with van der Waals surface area (Å²) < 4.78 is 36.8. The number of halogens is 3. The fourth-order valence-corrected chi connectivity index (χ4v) is 2.39. The predicted molar refractivity (Wildman–Crippen MR) is 59.7 cm³/mol. The quantitative estimate of drug-likeness (QED) is 0.678. The van der Waals surface area contributed by atoms with Crippen molar-refractivity contribution < 1.29 is 13.2 Å². The second-order valence-electron chi connectivity index (χ2n) is 4.40. The first-order valence-corrected chi connectivity index (χ1v) is 8.14. The molecule has 15 heavy (non-hydrogen) atoms. The van der Waals surface area contributed by atoms with Crippen molar-refractivity contribution in [3.63, 3.8) is 0 Å². The molecule has 0 aliphatic heterocycles. The molecule has 0 aliphatic rings. The minimum Gasteiger partial charge on any atom is -0.200 e. The van der Waals surface area contributed by atoms with E-state index in [0.717, 1.165) is 5.19 Å². The summed E-state index contributed by atoms with van der Waals surface area (Å²) in [4.78, 5) is 0. The van der Waals surface area contributed by atoms with Crippen molar-refractivity contribution in [3.8, 4) is 0 Å². The highest BCUT2D eigenvalue weighted by Crippen LogP contribution is 2.21. The van der Waals surface area contributed by atoms with Crippen LogP contribution < -0.4 is 5.19 Å². The van der Waals surface area contributed by atoms with E-state index < -0.39 is 20.0 Å². The standard InChI is InChI=1S/C11H13F3Si/c1-15(2,3)9-6-4-8(5-7-9)10(12)11(13)14/h4-7H,1-3H3. The fraction of sp³-hybridized carbons (Fsp3) is 0.273. The lowest BCUT2D eigenvalue weighted by Gasteiger charge is -2.16. The van der Waals surface area contributed by atoms with Gasteiger partial charge in [0.1, 0.15) is 0 Å². The Balaban J connectivity index is 3.07. The summed E-state index contributed by atoms with van der Waals surface area (Å²) >= 11 is 0. The van der Waals surface area contributed by atoms with E-state index in [4.69, 9.17) is 0 Å². The molecule has 1 aromatic carbocycles. The van der Waals surface area contributed by atoms with Crippen molar-refractivity contribution in [1.29, 1.82) is 0 Å². The molecule has 0 nitrogen and oxygen atoms in total. The SMILES string of the molecule is C[Si](C)(C)c1ccc(C(F)=C(F)F)cc1. The molecule has 0 saturated heterocycles. The van der Waals surface area contributed by atoms with E-state index in [1.54, 1.807) is 12.1 Å². The van der Waals surface area contributed by atoms with Crippen molar-refractivity contribution in [2.45, 2.75) is 19.6 Å². The van der Waals surface area contributed by atoms with Crippen LogP contribution in [0.3, 0.4) is 0 Å². The highest BCUT2D eigenvalue weighted by molar-refractivity contribution is 6.88. The van der Waals surface area contributed by atoms with E-state index in [1.807, 2.05) is 0 Å². The highest BCUT2D eigenvalue weighted by atomic mass is 28.3. The molecule has 0 unspecified atom stereocenters. The Morgan fingerprint density at radius 2 is 1.40 bits per heavy atom. The van der Waals surface area contributed by atoms with Crippen molar-refractivity contribution >= 4 is 19.1 Å². The van der Waals surface area contributed by atoms with Crippen molar-refractivity contribution in [2.24, 2.45) is 0 Å². The van der Waals surface area contributed by atoms with Gasteiger partial charge in [0.05, 0.1) is 8.07 Å². The molecule has 0 aromatic heterocycles. The van der Waals surface area contributed by atoms with Crippen LogP contribution >= 0.6 is 0 Å². The summed E-state index contributed by atoms with van der Waals surface area (Å²) in [6.07, 6.45) is -2.27. The normalized spacial score (nSPS) is 11.3. The third kappa shape index (κ3) is 2.96. The van der Waals surface area contributed by atoms with Gasteiger partial charge >= 0.3 is 6.08 Å². The summed E-state index contributed by atoms with van der Waals surface area (Å²) in [6.45, 7) is 6.43. The van der Waals surface area contributed by atoms with E-state index in [-0.39, 0.29) is 5.56 Å². The van der Waals surface area contributed by atoms with Gasteiger partial charge in [-0.15, -0.1) is 0 Å². The summed E-state index contributed by atoms with van der Waals surface area (Å²) in [6, 6.07) is 6.26. The van der Waals surface area contributed by atoms with Crippen LogP contribution in [0.1, 0.15) is 5.56 Å². The van der Waals surface area contributed by atoms with Crippen LogP contribution in [0.25, 0.3) is 5.83 Å². The Kier molecular flexibility index (Phi) is 3.39. The third-order valence-electron chi connectivity index (χ3n) is 2.17. The van der Waals surface area contributed by atoms with Crippen LogP contribution in [-0.4, -0.2) is 8.07 Å². The molecule has 0 radical (unpaired) electrons. The lowest BCUT2D eigenvalue weighted by atomic mass is 10.2. The van der Waals surface area contributed by atoms with Gasteiger partial charge in [-0.3, -0.25) is 0 Å². The summed E-state index contributed by atoms with van der Waals surface area (Å²) in [5, 5.41) is 1.12. The molecule has 0 saturated carbocycles. The zero-order valence-corrected chi connectivity index (χ0v) is 9.94. The Hall–Kier alpha value is -1.03. The average Bonchev–Trinajstić information content (AvgIpc) is 2.15. The van der Waals surface area contributed by atoms with Gasteiger partial charge in [0.15, 0.2) is 5.83 Å². The predicted octanol–water partition coefficient (Wildman–Crippen LogP) is 3.77. The summed E-state index contributed by atoms with van der Waals surface area (Å²) in [7, 11) is -1.44. The van der Waals surface area contributed by atoms with E-state index >= 15 is 0 Å². The number of benzene rings is 1. The monoisotopic (exact) mass is 230 g/mol. The van der Waals surface area contributed by atoms with E-state index in [0.29, 0.717) is 0 Å². The molecule has 0 heterocycles. The first kappa shape index (κ1) is 12.0. The zero-order chi connectivity index (χ0) is 11.6. The first-order chi connectivity index (χ1) is 6.82. The van der Waals surface area contributed by atoms with Gasteiger partial charge in [-0.25, -0.2) is 4.39 Å². The second kappa shape index (κ2) is 4.22. The Labute approximate surface area is 88.4 Å². The minimum atomic E-state index is -2.27. The van der Waals surface area contributed by atoms with Gasteiger partial charge < -0.3 is 0 Å². The topological polar surface area (TPSA) is 0 Å². The molecule has 0 spiro atoms. The molecule has 0 atom stereocenters. The van der Waals surface area contributed by atoms with Crippen LogP contribution in [0.5, 0.6) is 0 Å². The minimum absolute atomic E-state index is 0.0583. The van der Waals surface area contributed by atoms with Crippen LogP contribution in [0.2, 0.25) is 19.6 Å². The molecule has 0 aliphatic carbocycles. The Morgan fingerprint density at radius 3 is 1.73 bits per heavy atom. The van der Waals surface area contributed by atoms with Crippen LogP contribution in [0, 0.1) is 0 Å². The zero-order valence-electron chi connectivity index (χ0n) is 8.94. The van der Waals surface area contributed by atoms with Gasteiger partial charge in [0, 0.05) is 5.56 Å². The van der Waals surface area contributed by atoms with Gasteiger partial charge in [-0.05, 0) is 0 Å². The summed E-state index contributed by atoms with van der Waals surface area (Å²) in [5.41, 5.74) is -0.0583. The molecule has 4 heteroatoms. The molecule has 0 amide bonds. The number of hydrogen-bond donors (Lipinski definition) is 0. The Bertz CT molecular complexity index is 370. The van der Waals surface area contributed by atoms with Gasteiger partial charge in [0.2, 0.25) is 0 Å². The van der Waals surface area contributed by atoms with E-state index in [2.05, 4.69) is 19.6 Å². The fourth-order valence-electron chi connectivity index (χ4n) is 1.23. The van der Waals surface area contributed by atoms with E-state index in [9.17, 15) is 13.2 Å². The van der Waals surface area contributed by atoms with Crippen molar-refractivity contribution in [2.75, 3.05) is 0 Å². The lowest BCUT2D eigenvalue weighted by Crippen LogP contribution is -2.37. The maximum Gasteiger partial charge on any atom is 0.306 e. The maximum atomic E-state index is 12.8. The van der Waals surface area contributed by atoms with Gasteiger partial charge in [-0.1, -0.05) is 49.1 Å². The highest BCUT2D eigenvalue weighted by Gasteiger charge is 2.16. The molecule has 0 bridgehead atoms. The third-order valence-corrected chi connectivity index (χ3v) is 4.24. The molecular weight excluding hydrogens is 217 g/mol. The van der Waals surface area contributed by atoms with Crippen LogP contribution in [0.15, 0.2) is 30.3 Å². The molecular formula is C11H13F3Si. The molecule has 1 rings (SSSR count). The largest absolute Gasteiger partial charge is 0.306 e. The second-order valence-corrected chi connectivity index (χ2v) is 9.48. The number of hydrogen-bond acceptors (Lipinski definition) is 0. The lowest BCUT2D eigenvalue weighted by molar-refractivity contribution is 0.410. The molecule has 1 aromatic rings. The van der Waals surface area contributed by atoms with Crippen LogP contribution in [-0.2, 0) is 0 Å². The molecule has 0 N–H and O–H groups in total. The average molecular weight is 230 g/mol. The Morgan fingerprint density at radius 1 is 0.933 bits per heavy atom. The molecule has 82 valence electrons. The van der Waals surface area contributed by atoms with E-state index in [1.165, 1.54) is 12.1 Å². The molecule has 0 fully saturated rings. The smallest absolute Gasteiger partial charge is 0.200 e. The van der Waals surface area contributed by atoms with Crippen LogP contribution in [0.4, 0.5) is 13.2 Å². The van der Waals surface area contributed by atoms with Gasteiger partial charge in [0.25, 0.3) is 0 Å². The first-order valence-electron chi connectivity index (χ1n) is 4.64. The summed E-state index contributed by atoms with van der Waals surface area (Å²) in [5.74, 6) is -1.43.